The summed E-state index contributed by atoms with van der Waals surface area (Å²) in [6.45, 7) is 1.14. The van der Waals surface area contributed by atoms with Crippen LogP contribution in [0.4, 0.5) is 18.9 Å². The third kappa shape index (κ3) is 6.23. The van der Waals surface area contributed by atoms with Crippen molar-refractivity contribution in [2.24, 2.45) is 11.8 Å². The van der Waals surface area contributed by atoms with Gasteiger partial charge in [0.25, 0.3) is 0 Å². The maximum atomic E-state index is 15.5. The number of benzene rings is 3. The van der Waals surface area contributed by atoms with E-state index < -0.39 is 41.3 Å². The van der Waals surface area contributed by atoms with Crippen LogP contribution in [0.1, 0.15) is 30.1 Å². The Morgan fingerprint density at radius 2 is 1.70 bits per heavy atom. The van der Waals surface area contributed by atoms with E-state index in [4.69, 9.17) is 16.3 Å². The van der Waals surface area contributed by atoms with E-state index in [1.807, 2.05) is 0 Å². The van der Waals surface area contributed by atoms with Crippen molar-refractivity contribution in [1.29, 1.82) is 0 Å². The van der Waals surface area contributed by atoms with E-state index in [9.17, 15) is 23.2 Å². The fourth-order valence-corrected chi connectivity index (χ4v) is 6.10. The van der Waals surface area contributed by atoms with Gasteiger partial charge in [0, 0.05) is 44.7 Å². The predicted octanol–water partition coefficient (Wildman–Crippen LogP) is 7.60. The van der Waals surface area contributed by atoms with E-state index >= 15 is 4.39 Å². The van der Waals surface area contributed by atoms with Crippen molar-refractivity contribution in [2.75, 3.05) is 5.32 Å². The molecule has 3 aromatic carbocycles. The fraction of sp³-hybridized carbons (Fsp3) is 0.206. The zero-order valence-electron chi connectivity index (χ0n) is 24.3. The molecule has 1 unspecified atom stereocenters. The molecule has 1 saturated carbocycles. The van der Waals surface area contributed by atoms with Gasteiger partial charge < -0.3 is 14.6 Å². The van der Waals surface area contributed by atoms with E-state index in [0.29, 0.717) is 27.1 Å². The number of rotatable bonds is 9. The third-order valence-electron chi connectivity index (χ3n) is 8.04. The number of anilines is 1. The van der Waals surface area contributed by atoms with Crippen molar-refractivity contribution >= 4 is 45.7 Å². The minimum atomic E-state index is -1.40. The number of amides is 1. The maximum Gasteiger partial charge on any atom is 0.322 e. The minimum absolute atomic E-state index is 0.0958. The maximum absolute atomic E-state index is 15.5. The van der Waals surface area contributed by atoms with Crippen LogP contribution >= 0.6 is 11.6 Å². The van der Waals surface area contributed by atoms with Crippen LogP contribution in [0.15, 0.2) is 79.3 Å². The normalized spacial score (nSPS) is 17.6. The molecular weight excluding hydrogens is 621 g/mol. The van der Waals surface area contributed by atoms with Gasteiger partial charge in [-0.2, -0.15) is 0 Å². The number of ether oxygens (including phenoxy) is 1. The Morgan fingerprint density at radius 1 is 0.978 bits per heavy atom. The van der Waals surface area contributed by atoms with Crippen LogP contribution in [-0.4, -0.2) is 38.2 Å². The average molecular weight is 647 g/mol. The summed E-state index contributed by atoms with van der Waals surface area (Å²) in [5.74, 6) is -4.39. The standard InChI is InChI=1S/C34H26ClF3N4O4/c1-18(43)27-16-42(30-10-9-21(13-24(27)30)46-34-39-14-20(37)15-40-34)17-31(44)25-11-19(36)12-26(25)33(45)41-29-8-4-6-23(32(29)38)22-5-2-3-7-28(22)35/h2-10,13-16,19,25-26H,11-12,17H2,1H3,(H,41,45)/t19-,25?,26+/m0/s1. The van der Waals surface area contributed by atoms with E-state index in [-0.39, 0.29) is 48.2 Å². The second-order valence-corrected chi connectivity index (χ2v) is 11.5. The molecule has 46 heavy (non-hydrogen) atoms. The first-order chi connectivity index (χ1) is 22.1. The summed E-state index contributed by atoms with van der Waals surface area (Å²) < 4.78 is 50.6. The second kappa shape index (κ2) is 12.8. The highest BCUT2D eigenvalue weighted by molar-refractivity contribution is 6.33. The second-order valence-electron chi connectivity index (χ2n) is 11.1. The summed E-state index contributed by atoms with van der Waals surface area (Å²) in [6, 6.07) is 15.9. The van der Waals surface area contributed by atoms with Crippen LogP contribution in [0.2, 0.25) is 5.02 Å². The molecule has 0 spiro atoms. The number of carbonyl (C=O) groups is 3. The van der Waals surface area contributed by atoms with E-state index in [2.05, 4.69) is 15.3 Å². The zero-order chi connectivity index (χ0) is 32.5. The van der Waals surface area contributed by atoms with E-state index in [0.717, 1.165) is 12.4 Å². The topological polar surface area (TPSA) is 103 Å². The number of nitrogens with one attached hydrogen (secondary N) is 1. The van der Waals surface area contributed by atoms with Gasteiger partial charge in [0.1, 0.15) is 11.9 Å². The first-order valence-corrected chi connectivity index (χ1v) is 14.8. The summed E-state index contributed by atoms with van der Waals surface area (Å²) in [5.41, 5.74) is 1.36. The van der Waals surface area contributed by atoms with Crippen LogP contribution in [0, 0.1) is 23.5 Å². The van der Waals surface area contributed by atoms with Gasteiger partial charge >= 0.3 is 6.01 Å². The quantitative estimate of drug-likeness (QED) is 0.166. The molecule has 234 valence electrons. The van der Waals surface area contributed by atoms with Gasteiger partial charge in [0.2, 0.25) is 5.91 Å². The molecule has 0 radical (unpaired) electrons. The van der Waals surface area contributed by atoms with Crippen LogP contribution in [0.3, 0.4) is 0 Å². The number of halogens is 4. The van der Waals surface area contributed by atoms with Gasteiger partial charge in [-0.25, -0.2) is 23.1 Å². The summed E-state index contributed by atoms with van der Waals surface area (Å²) in [5, 5.41) is 3.38. The number of hydrogen-bond donors (Lipinski definition) is 1. The molecule has 1 aliphatic carbocycles. The van der Waals surface area contributed by atoms with E-state index in [1.165, 1.54) is 25.3 Å². The number of Topliss-reactive ketones (excluding diaryl/α,β-unsaturated/α-hetero) is 2. The molecule has 3 atom stereocenters. The Balaban J connectivity index is 1.22. The lowest BCUT2D eigenvalue weighted by Gasteiger charge is -2.19. The Kier molecular flexibility index (Phi) is 8.59. The van der Waals surface area contributed by atoms with Crippen molar-refractivity contribution in [3.63, 3.8) is 0 Å². The van der Waals surface area contributed by atoms with Crippen LogP contribution in [0.5, 0.6) is 11.8 Å². The van der Waals surface area contributed by atoms with Crippen molar-refractivity contribution in [1.82, 2.24) is 14.5 Å². The molecule has 0 saturated heterocycles. The molecule has 8 nitrogen and oxygen atoms in total. The van der Waals surface area contributed by atoms with Gasteiger partial charge in [-0.3, -0.25) is 14.4 Å². The lowest BCUT2D eigenvalue weighted by atomic mass is 9.90. The Bertz CT molecular complexity index is 1980. The minimum Gasteiger partial charge on any atom is -0.424 e. The molecule has 1 N–H and O–H groups in total. The predicted molar refractivity (Wildman–Crippen MR) is 166 cm³/mol. The van der Waals surface area contributed by atoms with Crippen LogP contribution < -0.4 is 10.1 Å². The number of carbonyl (C=O) groups excluding carboxylic acids is 3. The molecule has 2 heterocycles. The fourth-order valence-electron chi connectivity index (χ4n) is 5.86. The lowest BCUT2D eigenvalue weighted by Crippen LogP contribution is -2.32. The number of ketones is 2. The van der Waals surface area contributed by atoms with Crippen molar-refractivity contribution in [3.05, 3.63) is 101 Å². The number of fused-ring (bicyclic) bond motifs is 1. The highest BCUT2D eigenvalue weighted by Crippen LogP contribution is 2.38. The molecule has 1 aliphatic rings. The molecule has 12 heteroatoms. The Labute approximate surface area is 266 Å². The van der Waals surface area contributed by atoms with Crippen molar-refractivity contribution in [2.45, 2.75) is 32.5 Å². The van der Waals surface area contributed by atoms with Crippen LogP contribution in [0.25, 0.3) is 22.0 Å². The highest BCUT2D eigenvalue weighted by atomic mass is 35.5. The number of nitrogens with zero attached hydrogens (tertiary/aromatic N) is 3. The van der Waals surface area contributed by atoms with Crippen molar-refractivity contribution in [3.8, 4) is 22.9 Å². The molecule has 1 amide bonds. The largest absolute Gasteiger partial charge is 0.424 e. The van der Waals surface area contributed by atoms with Crippen molar-refractivity contribution < 1.29 is 32.3 Å². The average Bonchev–Trinajstić information content (AvgIpc) is 3.60. The first kappa shape index (κ1) is 31.0. The summed E-state index contributed by atoms with van der Waals surface area (Å²) >= 11 is 6.25. The highest BCUT2D eigenvalue weighted by Gasteiger charge is 2.43. The number of alkyl halides is 1. The van der Waals surface area contributed by atoms with E-state index in [1.54, 1.807) is 53.1 Å². The molecule has 1 fully saturated rings. The third-order valence-corrected chi connectivity index (χ3v) is 8.37. The molecule has 5 aromatic rings. The lowest BCUT2D eigenvalue weighted by molar-refractivity contribution is -0.130. The monoisotopic (exact) mass is 646 g/mol. The number of aromatic nitrogens is 3. The summed E-state index contributed by atoms with van der Waals surface area (Å²) in [4.78, 5) is 47.0. The first-order valence-electron chi connectivity index (χ1n) is 14.4. The van der Waals surface area contributed by atoms with Gasteiger partial charge in [-0.1, -0.05) is 41.9 Å². The SMILES string of the molecule is CC(=O)c1cn(CC(=O)C2C[C@H](F)C[C@H]2C(=O)Nc2cccc(-c3ccccc3Cl)c2F)c2ccc(Oc3ncc(F)cn3)cc12. The number of hydrogen-bond acceptors (Lipinski definition) is 6. The molecule has 2 aromatic heterocycles. The smallest absolute Gasteiger partial charge is 0.322 e. The van der Waals surface area contributed by atoms with Gasteiger partial charge in [0.05, 0.1) is 30.5 Å². The van der Waals surface area contributed by atoms with Gasteiger partial charge in [0.15, 0.2) is 23.2 Å². The Morgan fingerprint density at radius 3 is 2.43 bits per heavy atom. The molecule has 0 aliphatic heterocycles. The molecular formula is C34H26ClF3N4O4. The Hall–Kier alpha value is -5.03. The van der Waals surface area contributed by atoms with Gasteiger partial charge in [-0.15, -0.1) is 0 Å². The van der Waals surface area contributed by atoms with Gasteiger partial charge in [-0.05, 0) is 50.1 Å². The van der Waals surface area contributed by atoms with Crippen LogP contribution in [-0.2, 0) is 16.1 Å². The summed E-state index contributed by atoms with van der Waals surface area (Å²) in [7, 11) is 0. The molecule has 6 rings (SSSR count). The molecule has 0 bridgehead atoms. The zero-order valence-corrected chi connectivity index (χ0v) is 25.1. The summed E-state index contributed by atoms with van der Waals surface area (Å²) in [6.07, 6.45) is 1.69.